The van der Waals surface area contributed by atoms with E-state index in [4.69, 9.17) is 9.15 Å². The number of hydrogen-bond donors (Lipinski definition) is 1. The number of fused-ring (bicyclic) bond motifs is 1. The summed E-state index contributed by atoms with van der Waals surface area (Å²) in [7, 11) is 0. The lowest BCUT2D eigenvalue weighted by atomic mass is 10.1. The number of aromatic nitrogens is 1. The SMILES string of the molecule is O=C(O)c1c(C2CC2)oc2ccc(OCc3cccnc3C(F)(F)F)cc12. The molecule has 1 aliphatic rings. The fourth-order valence-electron chi connectivity index (χ4n) is 3.01. The predicted molar refractivity (Wildman–Crippen MR) is 88.7 cm³/mol. The lowest BCUT2D eigenvalue weighted by Crippen LogP contribution is -2.13. The number of benzene rings is 1. The number of pyridine rings is 1. The van der Waals surface area contributed by atoms with Crippen LogP contribution in [0.15, 0.2) is 40.9 Å². The van der Waals surface area contributed by atoms with Gasteiger partial charge in [0.15, 0.2) is 5.69 Å². The van der Waals surface area contributed by atoms with Crippen LogP contribution in [0.1, 0.15) is 46.1 Å². The molecule has 3 aromatic rings. The number of rotatable bonds is 5. The zero-order valence-electron chi connectivity index (χ0n) is 13.9. The van der Waals surface area contributed by atoms with Gasteiger partial charge in [-0.2, -0.15) is 13.2 Å². The first kappa shape index (κ1) is 17.4. The molecule has 4 rings (SSSR count). The molecule has 0 amide bonds. The van der Waals surface area contributed by atoms with E-state index in [1.807, 2.05) is 0 Å². The summed E-state index contributed by atoms with van der Waals surface area (Å²) in [5.41, 5.74) is -0.597. The fraction of sp³-hybridized carbons (Fsp3) is 0.263. The van der Waals surface area contributed by atoms with Crippen molar-refractivity contribution in [3.8, 4) is 5.75 Å². The number of carboxylic acid groups (broad SMARTS) is 1. The molecular formula is C19H14F3NO4. The molecule has 0 aliphatic heterocycles. The topological polar surface area (TPSA) is 72.6 Å². The molecule has 0 atom stereocenters. The van der Waals surface area contributed by atoms with Crippen LogP contribution in [0.4, 0.5) is 13.2 Å². The maximum absolute atomic E-state index is 13.0. The Morgan fingerprint density at radius 2 is 2.07 bits per heavy atom. The summed E-state index contributed by atoms with van der Waals surface area (Å²) < 4.78 is 50.2. The van der Waals surface area contributed by atoms with E-state index in [0.29, 0.717) is 16.7 Å². The first-order valence-corrected chi connectivity index (χ1v) is 8.28. The molecule has 1 N–H and O–H groups in total. The number of halogens is 3. The maximum Gasteiger partial charge on any atom is 0.433 e. The highest BCUT2D eigenvalue weighted by Crippen LogP contribution is 2.45. The first-order valence-electron chi connectivity index (χ1n) is 8.28. The summed E-state index contributed by atoms with van der Waals surface area (Å²) in [6.45, 7) is -0.343. The van der Waals surface area contributed by atoms with Gasteiger partial charge < -0.3 is 14.3 Å². The predicted octanol–water partition coefficient (Wildman–Crippen LogP) is 5.00. The molecule has 1 fully saturated rings. The van der Waals surface area contributed by atoms with Crippen LogP contribution in [0.3, 0.4) is 0 Å². The quantitative estimate of drug-likeness (QED) is 0.677. The summed E-state index contributed by atoms with van der Waals surface area (Å²) >= 11 is 0. The van der Waals surface area contributed by atoms with Gasteiger partial charge in [-0.3, -0.25) is 4.98 Å². The number of hydrogen-bond acceptors (Lipinski definition) is 4. The van der Waals surface area contributed by atoms with E-state index < -0.39 is 17.8 Å². The van der Waals surface area contributed by atoms with Gasteiger partial charge in [-0.25, -0.2) is 4.79 Å². The van der Waals surface area contributed by atoms with Crippen molar-refractivity contribution in [1.82, 2.24) is 4.98 Å². The van der Waals surface area contributed by atoms with E-state index in [1.54, 1.807) is 6.07 Å². The Hall–Kier alpha value is -3.03. The smallest absolute Gasteiger partial charge is 0.433 e. The lowest BCUT2D eigenvalue weighted by molar-refractivity contribution is -0.142. The zero-order chi connectivity index (χ0) is 19.2. The molecule has 1 aromatic carbocycles. The third-order valence-electron chi connectivity index (χ3n) is 4.40. The van der Waals surface area contributed by atoms with Gasteiger partial charge in [0.2, 0.25) is 0 Å². The van der Waals surface area contributed by atoms with Gasteiger partial charge in [-0.15, -0.1) is 0 Å². The molecule has 0 spiro atoms. The maximum atomic E-state index is 13.0. The zero-order valence-corrected chi connectivity index (χ0v) is 13.9. The summed E-state index contributed by atoms with van der Waals surface area (Å²) in [6.07, 6.45) is -1.75. The van der Waals surface area contributed by atoms with Gasteiger partial charge in [-0.05, 0) is 37.1 Å². The molecule has 27 heavy (non-hydrogen) atoms. The van der Waals surface area contributed by atoms with Gasteiger partial charge in [0, 0.05) is 23.1 Å². The second kappa shape index (κ2) is 6.29. The second-order valence-electron chi connectivity index (χ2n) is 6.38. The molecule has 0 bridgehead atoms. The highest BCUT2D eigenvalue weighted by Gasteiger charge is 2.35. The third kappa shape index (κ3) is 3.34. The van der Waals surface area contributed by atoms with Crippen molar-refractivity contribution in [3.63, 3.8) is 0 Å². The van der Waals surface area contributed by atoms with Crippen LogP contribution in [0.25, 0.3) is 11.0 Å². The van der Waals surface area contributed by atoms with Crippen molar-refractivity contribution < 1.29 is 32.2 Å². The average Bonchev–Trinajstić information content (AvgIpc) is 3.39. The van der Waals surface area contributed by atoms with Crippen molar-refractivity contribution >= 4 is 16.9 Å². The molecule has 0 radical (unpaired) electrons. The molecule has 8 heteroatoms. The standard InChI is InChI=1S/C19H14F3NO4/c20-19(21,22)17-11(2-1-7-23-17)9-26-12-5-6-14-13(8-12)15(18(24)25)16(27-14)10-3-4-10/h1-2,5-8,10H,3-4,9H2,(H,24,25). The number of alkyl halides is 3. The Morgan fingerprint density at radius 3 is 2.74 bits per heavy atom. The molecule has 2 aromatic heterocycles. The molecule has 5 nitrogen and oxygen atoms in total. The molecule has 1 aliphatic carbocycles. The number of aromatic carboxylic acids is 1. The van der Waals surface area contributed by atoms with Crippen molar-refractivity contribution in [2.75, 3.05) is 0 Å². The van der Waals surface area contributed by atoms with Crippen LogP contribution in [-0.2, 0) is 12.8 Å². The molecular weight excluding hydrogens is 363 g/mol. The number of ether oxygens (including phenoxy) is 1. The molecule has 1 saturated carbocycles. The molecule has 2 heterocycles. The minimum atomic E-state index is -4.58. The number of carboxylic acids is 1. The van der Waals surface area contributed by atoms with Gasteiger partial charge in [0.05, 0.1) is 0 Å². The van der Waals surface area contributed by atoms with Crippen molar-refractivity contribution in [3.05, 3.63) is 59.1 Å². The summed E-state index contributed by atoms with van der Waals surface area (Å²) in [5, 5.41) is 9.90. The number of carbonyl (C=O) groups is 1. The highest BCUT2D eigenvalue weighted by molar-refractivity contribution is 6.04. The van der Waals surface area contributed by atoms with Crippen LogP contribution in [0.2, 0.25) is 0 Å². The van der Waals surface area contributed by atoms with E-state index in [-0.39, 0.29) is 29.4 Å². The normalized spacial score (nSPS) is 14.5. The van der Waals surface area contributed by atoms with E-state index >= 15 is 0 Å². The Bertz CT molecular complexity index is 1020. The van der Waals surface area contributed by atoms with Gasteiger partial charge in [0.25, 0.3) is 0 Å². The van der Waals surface area contributed by atoms with Crippen molar-refractivity contribution in [2.24, 2.45) is 0 Å². The van der Waals surface area contributed by atoms with Crippen LogP contribution < -0.4 is 4.74 Å². The molecule has 0 unspecified atom stereocenters. The van der Waals surface area contributed by atoms with Crippen molar-refractivity contribution in [1.29, 1.82) is 0 Å². The molecule has 0 saturated heterocycles. The van der Waals surface area contributed by atoms with Gasteiger partial charge >= 0.3 is 12.1 Å². The largest absolute Gasteiger partial charge is 0.489 e. The van der Waals surface area contributed by atoms with E-state index in [0.717, 1.165) is 19.0 Å². The minimum Gasteiger partial charge on any atom is -0.489 e. The Balaban J connectivity index is 1.64. The average molecular weight is 377 g/mol. The van der Waals surface area contributed by atoms with E-state index in [1.165, 1.54) is 24.3 Å². The number of furan rings is 1. The fourth-order valence-corrected chi connectivity index (χ4v) is 3.01. The first-order chi connectivity index (χ1) is 12.8. The summed E-state index contributed by atoms with van der Waals surface area (Å²) in [5.74, 6) is -0.289. The second-order valence-corrected chi connectivity index (χ2v) is 6.38. The number of nitrogens with zero attached hydrogens (tertiary/aromatic N) is 1. The minimum absolute atomic E-state index is 0.0929. The Morgan fingerprint density at radius 1 is 1.30 bits per heavy atom. The van der Waals surface area contributed by atoms with Crippen LogP contribution >= 0.6 is 0 Å². The van der Waals surface area contributed by atoms with Crippen LogP contribution in [0.5, 0.6) is 5.75 Å². The van der Waals surface area contributed by atoms with E-state index in [2.05, 4.69) is 4.98 Å². The lowest BCUT2D eigenvalue weighted by Gasteiger charge is -2.12. The highest BCUT2D eigenvalue weighted by atomic mass is 19.4. The van der Waals surface area contributed by atoms with E-state index in [9.17, 15) is 23.1 Å². The Kier molecular flexibility index (Phi) is 4.05. The molecule has 140 valence electrons. The monoisotopic (exact) mass is 377 g/mol. The summed E-state index contributed by atoms with van der Waals surface area (Å²) in [4.78, 5) is 15.0. The summed E-state index contributed by atoms with van der Waals surface area (Å²) in [6, 6.07) is 7.28. The van der Waals surface area contributed by atoms with Gasteiger partial charge in [0.1, 0.15) is 29.3 Å². The third-order valence-corrected chi connectivity index (χ3v) is 4.40. The van der Waals surface area contributed by atoms with Crippen LogP contribution in [-0.4, -0.2) is 16.1 Å². The van der Waals surface area contributed by atoms with Crippen molar-refractivity contribution in [2.45, 2.75) is 31.5 Å². The Labute approximate surface area is 151 Å². The van der Waals surface area contributed by atoms with Crippen LogP contribution in [0, 0.1) is 0 Å². The van der Waals surface area contributed by atoms with Gasteiger partial charge in [-0.1, -0.05) is 6.07 Å².